The maximum absolute atomic E-state index is 11.4. The maximum Gasteiger partial charge on any atom is 0.373 e. The van der Waals surface area contributed by atoms with Gasteiger partial charge in [-0.1, -0.05) is 6.92 Å². The number of hydrogen-bond acceptors (Lipinski definition) is 5. The molecule has 1 aromatic rings. The molecule has 3 atom stereocenters. The van der Waals surface area contributed by atoms with Gasteiger partial charge in [-0.05, 0) is 37.9 Å². The average molecular weight is 281 g/mol. The van der Waals surface area contributed by atoms with Gasteiger partial charge < -0.3 is 13.9 Å². The summed E-state index contributed by atoms with van der Waals surface area (Å²) in [6.45, 7) is 6.20. The lowest BCUT2D eigenvalue weighted by Crippen LogP contribution is -2.44. The molecule has 0 radical (unpaired) electrons. The van der Waals surface area contributed by atoms with Crippen LogP contribution in [0.15, 0.2) is 16.5 Å². The van der Waals surface area contributed by atoms with Crippen LogP contribution in [-0.4, -0.2) is 44.3 Å². The Labute approximate surface area is 119 Å². The first-order chi connectivity index (χ1) is 9.56. The average Bonchev–Trinajstić information content (AvgIpc) is 2.96. The lowest BCUT2D eigenvalue weighted by Gasteiger charge is -2.38. The highest BCUT2D eigenvalue weighted by Crippen LogP contribution is 2.28. The zero-order valence-corrected chi connectivity index (χ0v) is 12.6. The summed E-state index contributed by atoms with van der Waals surface area (Å²) in [5, 5.41) is 0. The largest absolute Gasteiger partial charge is 0.463 e. The van der Waals surface area contributed by atoms with Crippen LogP contribution in [0.4, 0.5) is 0 Å². The van der Waals surface area contributed by atoms with Crippen LogP contribution in [0.3, 0.4) is 0 Å². The van der Waals surface area contributed by atoms with Gasteiger partial charge >= 0.3 is 5.97 Å². The third kappa shape index (κ3) is 3.04. The van der Waals surface area contributed by atoms with Crippen molar-refractivity contribution < 1.29 is 18.7 Å². The lowest BCUT2D eigenvalue weighted by atomic mass is 9.94. The highest BCUT2D eigenvalue weighted by atomic mass is 16.5. The highest BCUT2D eigenvalue weighted by Gasteiger charge is 2.30. The first-order valence-electron chi connectivity index (χ1n) is 7.01. The zero-order valence-electron chi connectivity index (χ0n) is 12.6. The van der Waals surface area contributed by atoms with Crippen LogP contribution in [0.25, 0.3) is 0 Å². The Morgan fingerprint density at radius 1 is 1.45 bits per heavy atom. The molecule has 1 fully saturated rings. The molecule has 2 heterocycles. The number of piperidine rings is 1. The molecule has 0 aromatic carbocycles. The molecular weight excluding hydrogens is 258 g/mol. The molecule has 1 saturated heterocycles. The molecule has 1 aliphatic heterocycles. The van der Waals surface area contributed by atoms with Crippen molar-refractivity contribution in [1.82, 2.24) is 4.90 Å². The summed E-state index contributed by atoms with van der Waals surface area (Å²) < 4.78 is 15.8. The monoisotopic (exact) mass is 281 g/mol. The molecule has 0 bridgehead atoms. The van der Waals surface area contributed by atoms with Gasteiger partial charge in [0.2, 0.25) is 5.76 Å². The fourth-order valence-corrected chi connectivity index (χ4v) is 2.68. The summed E-state index contributed by atoms with van der Waals surface area (Å²) >= 11 is 0. The highest BCUT2D eigenvalue weighted by molar-refractivity contribution is 5.86. The summed E-state index contributed by atoms with van der Waals surface area (Å²) in [5.74, 6) is 1.17. The molecule has 0 spiro atoms. The topological polar surface area (TPSA) is 51.9 Å². The van der Waals surface area contributed by atoms with Crippen molar-refractivity contribution in [3.8, 4) is 0 Å². The molecule has 0 amide bonds. The molecular formula is C15H23NO4. The van der Waals surface area contributed by atoms with Gasteiger partial charge in [-0.3, -0.25) is 4.90 Å². The molecule has 1 aliphatic rings. The molecule has 20 heavy (non-hydrogen) atoms. The number of carbonyl (C=O) groups is 1. The van der Waals surface area contributed by atoms with Crippen LogP contribution in [-0.2, 0) is 9.47 Å². The third-order valence-corrected chi connectivity index (χ3v) is 4.20. The molecule has 5 heteroatoms. The second-order valence-electron chi connectivity index (χ2n) is 5.40. The summed E-state index contributed by atoms with van der Waals surface area (Å²) in [4.78, 5) is 13.7. The van der Waals surface area contributed by atoms with Gasteiger partial charge in [-0.15, -0.1) is 0 Å². The van der Waals surface area contributed by atoms with Crippen LogP contribution in [0, 0.1) is 5.92 Å². The number of hydrogen-bond donors (Lipinski definition) is 0. The second-order valence-corrected chi connectivity index (χ2v) is 5.40. The van der Waals surface area contributed by atoms with Gasteiger partial charge in [0.05, 0.1) is 19.3 Å². The minimum Gasteiger partial charge on any atom is -0.463 e. The van der Waals surface area contributed by atoms with E-state index in [1.807, 2.05) is 6.07 Å². The van der Waals surface area contributed by atoms with Crippen LogP contribution in [0.2, 0.25) is 0 Å². The number of methoxy groups -OCH3 is 2. The normalized spacial score (nSPS) is 25.4. The van der Waals surface area contributed by atoms with E-state index >= 15 is 0 Å². The Hall–Kier alpha value is -1.33. The Kier molecular flexibility index (Phi) is 4.83. The predicted octanol–water partition coefficient (Wildman–Crippen LogP) is 2.48. The van der Waals surface area contributed by atoms with Crippen molar-refractivity contribution in [3.05, 3.63) is 23.7 Å². The van der Waals surface area contributed by atoms with Crippen molar-refractivity contribution >= 4 is 5.97 Å². The summed E-state index contributed by atoms with van der Waals surface area (Å²) in [5.41, 5.74) is 0. The minimum absolute atomic E-state index is 0.124. The van der Waals surface area contributed by atoms with E-state index in [4.69, 9.17) is 9.15 Å². The molecule has 2 rings (SSSR count). The van der Waals surface area contributed by atoms with Gasteiger partial charge in [0.15, 0.2) is 0 Å². The standard InChI is InChI=1S/C15H23NO4/c1-10-7-8-16(9-14(10)18-3)11(2)12-5-6-13(20-12)15(17)19-4/h5-6,10-11,14H,7-9H2,1-4H3. The van der Waals surface area contributed by atoms with Gasteiger partial charge in [-0.2, -0.15) is 0 Å². The van der Waals surface area contributed by atoms with E-state index in [9.17, 15) is 4.79 Å². The van der Waals surface area contributed by atoms with Crippen molar-refractivity contribution in [1.29, 1.82) is 0 Å². The Morgan fingerprint density at radius 2 is 2.20 bits per heavy atom. The van der Waals surface area contributed by atoms with Gasteiger partial charge in [0.25, 0.3) is 0 Å². The van der Waals surface area contributed by atoms with E-state index in [0.717, 1.165) is 25.3 Å². The van der Waals surface area contributed by atoms with E-state index in [1.165, 1.54) is 7.11 Å². The first kappa shape index (κ1) is 15.1. The number of esters is 1. The maximum atomic E-state index is 11.4. The Morgan fingerprint density at radius 3 is 2.85 bits per heavy atom. The van der Waals surface area contributed by atoms with Gasteiger partial charge in [0, 0.05) is 13.7 Å². The van der Waals surface area contributed by atoms with Crippen LogP contribution in [0.5, 0.6) is 0 Å². The van der Waals surface area contributed by atoms with Crippen molar-refractivity contribution in [2.24, 2.45) is 5.92 Å². The quantitative estimate of drug-likeness (QED) is 0.794. The number of rotatable bonds is 4. The van der Waals surface area contributed by atoms with Crippen molar-refractivity contribution in [3.63, 3.8) is 0 Å². The van der Waals surface area contributed by atoms with Gasteiger partial charge in [-0.25, -0.2) is 4.79 Å². The lowest BCUT2D eigenvalue weighted by molar-refractivity contribution is -0.0198. The fraction of sp³-hybridized carbons (Fsp3) is 0.667. The molecule has 0 N–H and O–H groups in total. The van der Waals surface area contributed by atoms with Crippen LogP contribution >= 0.6 is 0 Å². The van der Waals surface area contributed by atoms with Crippen molar-refractivity contribution in [2.75, 3.05) is 27.3 Å². The van der Waals surface area contributed by atoms with E-state index in [2.05, 4.69) is 23.5 Å². The SMILES string of the molecule is COC(=O)c1ccc(C(C)N2CCC(C)C(OC)C2)o1. The second kappa shape index (κ2) is 6.41. The van der Waals surface area contributed by atoms with E-state index in [1.54, 1.807) is 13.2 Å². The molecule has 3 unspecified atom stereocenters. The molecule has 0 saturated carbocycles. The summed E-state index contributed by atoms with van der Waals surface area (Å²) in [6, 6.07) is 3.63. The van der Waals surface area contributed by atoms with E-state index < -0.39 is 5.97 Å². The predicted molar refractivity (Wildman–Crippen MR) is 74.6 cm³/mol. The van der Waals surface area contributed by atoms with E-state index in [0.29, 0.717) is 5.92 Å². The summed E-state index contributed by atoms with van der Waals surface area (Å²) in [6.07, 6.45) is 1.36. The number of likely N-dealkylation sites (tertiary alicyclic amines) is 1. The molecule has 112 valence electrons. The summed E-state index contributed by atoms with van der Waals surface area (Å²) in [7, 11) is 3.11. The van der Waals surface area contributed by atoms with Gasteiger partial charge in [0.1, 0.15) is 5.76 Å². The fourth-order valence-electron chi connectivity index (χ4n) is 2.68. The van der Waals surface area contributed by atoms with Crippen LogP contribution in [0.1, 0.15) is 42.6 Å². The molecule has 5 nitrogen and oxygen atoms in total. The Bertz CT molecular complexity index is 456. The Balaban J connectivity index is 2.05. The van der Waals surface area contributed by atoms with Crippen LogP contribution < -0.4 is 0 Å². The minimum atomic E-state index is -0.439. The van der Waals surface area contributed by atoms with E-state index in [-0.39, 0.29) is 17.9 Å². The molecule has 0 aliphatic carbocycles. The number of ether oxygens (including phenoxy) is 2. The number of nitrogens with zero attached hydrogens (tertiary/aromatic N) is 1. The third-order valence-electron chi connectivity index (χ3n) is 4.20. The number of furan rings is 1. The smallest absolute Gasteiger partial charge is 0.373 e. The zero-order chi connectivity index (χ0) is 14.7. The molecule has 1 aromatic heterocycles. The van der Waals surface area contributed by atoms with Crippen molar-refractivity contribution in [2.45, 2.75) is 32.4 Å². The number of carbonyl (C=O) groups excluding carboxylic acids is 1. The first-order valence-corrected chi connectivity index (χ1v) is 7.01.